The molecule has 5 heteroatoms. The molecular formula is C26H30N2O3. The number of nitrogens with one attached hydrogen (secondary N) is 1. The van der Waals surface area contributed by atoms with Crippen LogP contribution in [0.5, 0.6) is 11.5 Å². The van der Waals surface area contributed by atoms with Gasteiger partial charge in [0.1, 0.15) is 6.04 Å². The van der Waals surface area contributed by atoms with Gasteiger partial charge in [0.15, 0.2) is 11.5 Å². The summed E-state index contributed by atoms with van der Waals surface area (Å²) in [4.78, 5) is 15.5. The van der Waals surface area contributed by atoms with Gasteiger partial charge < -0.3 is 14.8 Å². The molecular weight excluding hydrogens is 388 g/mol. The van der Waals surface area contributed by atoms with Crippen molar-refractivity contribution in [1.82, 2.24) is 4.90 Å². The van der Waals surface area contributed by atoms with E-state index in [0.717, 1.165) is 27.9 Å². The number of methoxy groups -OCH3 is 2. The maximum absolute atomic E-state index is 13.4. The molecule has 0 spiro atoms. The van der Waals surface area contributed by atoms with E-state index >= 15 is 0 Å². The number of ether oxygens (including phenoxy) is 2. The van der Waals surface area contributed by atoms with E-state index in [4.69, 9.17) is 9.47 Å². The molecule has 0 fully saturated rings. The molecule has 0 bridgehead atoms. The number of anilines is 1. The van der Waals surface area contributed by atoms with E-state index in [-0.39, 0.29) is 5.91 Å². The number of nitrogens with zero attached hydrogens (tertiary/aromatic N) is 1. The molecule has 0 saturated heterocycles. The average Bonchev–Trinajstić information content (AvgIpc) is 2.77. The van der Waals surface area contributed by atoms with Gasteiger partial charge in [-0.1, -0.05) is 48.5 Å². The first kappa shape index (κ1) is 22.4. The predicted octanol–water partition coefficient (Wildman–Crippen LogP) is 5.13. The molecule has 3 rings (SSSR count). The van der Waals surface area contributed by atoms with Crippen molar-refractivity contribution in [2.75, 3.05) is 26.6 Å². The molecule has 5 nitrogen and oxygen atoms in total. The number of carbonyl (C=O) groups excluding carboxylic acids is 1. The lowest BCUT2D eigenvalue weighted by molar-refractivity contribution is -0.121. The van der Waals surface area contributed by atoms with Crippen LogP contribution in [0.1, 0.15) is 28.3 Å². The molecule has 0 aliphatic heterocycles. The number of rotatable bonds is 8. The largest absolute Gasteiger partial charge is 0.493 e. The second-order valence-electron chi connectivity index (χ2n) is 7.73. The SMILES string of the molecule is COc1ccc(CN(C)[C@@H](C(=O)Nc2cc(C)ccc2C)c2ccccc2)cc1OC. The molecule has 0 heterocycles. The van der Waals surface area contributed by atoms with Gasteiger partial charge in [-0.05, 0) is 61.3 Å². The fraction of sp³-hybridized carbons (Fsp3) is 0.269. The number of hydrogen-bond acceptors (Lipinski definition) is 4. The molecule has 1 atom stereocenters. The Labute approximate surface area is 184 Å². The van der Waals surface area contributed by atoms with Crippen molar-refractivity contribution in [2.45, 2.75) is 26.4 Å². The lowest BCUT2D eigenvalue weighted by atomic mass is 10.0. The summed E-state index contributed by atoms with van der Waals surface area (Å²) >= 11 is 0. The number of likely N-dealkylation sites (N-methyl/N-ethyl adjacent to an activating group) is 1. The minimum absolute atomic E-state index is 0.0668. The summed E-state index contributed by atoms with van der Waals surface area (Å²) in [5, 5.41) is 3.13. The Morgan fingerprint density at radius 3 is 2.32 bits per heavy atom. The number of hydrogen-bond donors (Lipinski definition) is 1. The number of carbonyl (C=O) groups is 1. The second kappa shape index (κ2) is 10.1. The summed E-state index contributed by atoms with van der Waals surface area (Å²) in [6.45, 7) is 4.59. The van der Waals surface area contributed by atoms with Crippen molar-refractivity contribution in [3.63, 3.8) is 0 Å². The van der Waals surface area contributed by atoms with Crippen molar-refractivity contribution < 1.29 is 14.3 Å². The summed E-state index contributed by atoms with van der Waals surface area (Å²) in [5.74, 6) is 1.29. The van der Waals surface area contributed by atoms with Gasteiger partial charge in [-0.15, -0.1) is 0 Å². The van der Waals surface area contributed by atoms with E-state index in [2.05, 4.69) is 5.32 Å². The zero-order valence-corrected chi connectivity index (χ0v) is 18.8. The highest BCUT2D eigenvalue weighted by Gasteiger charge is 2.26. The normalized spacial score (nSPS) is 11.8. The first-order chi connectivity index (χ1) is 14.9. The zero-order chi connectivity index (χ0) is 22.4. The molecule has 0 saturated carbocycles. The number of amides is 1. The highest BCUT2D eigenvalue weighted by molar-refractivity contribution is 5.96. The quantitative estimate of drug-likeness (QED) is 0.551. The maximum atomic E-state index is 13.4. The van der Waals surface area contributed by atoms with Gasteiger partial charge in [-0.25, -0.2) is 0 Å². The molecule has 162 valence electrons. The Bertz CT molecular complexity index is 1030. The summed E-state index contributed by atoms with van der Waals surface area (Å²) < 4.78 is 10.8. The second-order valence-corrected chi connectivity index (χ2v) is 7.73. The summed E-state index contributed by atoms with van der Waals surface area (Å²) in [6, 6.07) is 21.3. The summed E-state index contributed by atoms with van der Waals surface area (Å²) in [7, 11) is 5.19. The van der Waals surface area contributed by atoms with E-state index < -0.39 is 6.04 Å². The van der Waals surface area contributed by atoms with Crippen molar-refractivity contribution >= 4 is 11.6 Å². The van der Waals surface area contributed by atoms with Gasteiger partial charge in [0.05, 0.1) is 14.2 Å². The average molecular weight is 419 g/mol. The van der Waals surface area contributed by atoms with Crippen LogP contribution in [0.15, 0.2) is 66.7 Å². The Hall–Kier alpha value is -3.31. The van der Waals surface area contributed by atoms with Crippen LogP contribution in [0.3, 0.4) is 0 Å². The Kier molecular flexibility index (Phi) is 7.32. The van der Waals surface area contributed by atoms with Crippen LogP contribution in [-0.4, -0.2) is 32.1 Å². The zero-order valence-electron chi connectivity index (χ0n) is 18.8. The highest BCUT2D eigenvalue weighted by Crippen LogP contribution is 2.30. The molecule has 1 N–H and O–H groups in total. The lowest BCUT2D eigenvalue weighted by Gasteiger charge is -2.28. The van der Waals surface area contributed by atoms with Crippen LogP contribution in [-0.2, 0) is 11.3 Å². The van der Waals surface area contributed by atoms with Gasteiger partial charge in [0.25, 0.3) is 0 Å². The van der Waals surface area contributed by atoms with Crippen molar-refractivity contribution in [3.8, 4) is 11.5 Å². The standard InChI is InChI=1S/C26H30N2O3/c1-18-11-12-19(2)22(15-18)27-26(29)25(21-9-7-6-8-10-21)28(3)17-20-13-14-23(30-4)24(16-20)31-5/h6-16,25H,17H2,1-5H3,(H,27,29)/t25-/m1/s1. The Balaban J connectivity index is 1.88. The topological polar surface area (TPSA) is 50.8 Å². The van der Waals surface area contributed by atoms with E-state index in [1.54, 1.807) is 14.2 Å². The van der Waals surface area contributed by atoms with Crippen molar-refractivity contribution in [2.24, 2.45) is 0 Å². The summed E-state index contributed by atoms with van der Waals surface area (Å²) in [5.41, 5.74) is 4.95. The van der Waals surface area contributed by atoms with Gasteiger partial charge in [-0.3, -0.25) is 9.69 Å². The highest BCUT2D eigenvalue weighted by atomic mass is 16.5. The van der Waals surface area contributed by atoms with Crippen LogP contribution in [0, 0.1) is 13.8 Å². The predicted molar refractivity (Wildman–Crippen MR) is 125 cm³/mol. The van der Waals surface area contributed by atoms with Crippen molar-refractivity contribution in [1.29, 1.82) is 0 Å². The fourth-order valence-corrected chi connectivity index (χ4v) is 3.67. The van der Waals surface area contributed by atoms with Gasteiger partial charge >= 0.3 is 0 Å². The van der Waals surface area contributed by atoms with E-state index in [9.17, 15) is 4.79 Å². The van der Waals surface area contributed by atoms with Gasteiger partial charge in [0, 0.05) is 12.2 Å². The maximum Gasteiger partial charge on any atom is 0.246 e. The van der Waals surface area contributed by atoms with Gasteiger partial charge in [0.2, 0.25) is 5.91 Å². The third kappa shape index (κ3) is 5.44. The first-order valence-corrected chi connectivity index (χ1v) is 10.3. The number of aryl methyl sites for hydroxylation is 2. The van der Waals surface area contributed by atoms with Crippen LogP contribution in [0.4, 0.5) is 5.69 Å². The van der Waals surface area contributed by atoms with Crippen LogP contribution >= 0.6 is 0 Å². The van der Waals surface area contributed by atoms with Crippen LogP contribution in [0.25, 0.3) is 0 Å². The molecule has 31 heavy (non-hydrogen) atoms. The van der Waals surface area contributed by atoms with Crippen LogP contribution in [0.2, 0.25) is 0 Å². The third-order valence-corrected chi connectivity index (χ3v) is 5.34. The van der Waals surface area contributed by atoms with E-state index in [1.165, 1.54) is 0 Å². The first-order valence-electron chi connectivity index (χ1n) is 10.3. The third-order valence-electron chi connectivity index (χ3n) is 5.34. The monoisotopic (exact) mass is 418 g/mol. The fourth-order valence-electron chi connectivity index (χ4n) is 3.67. The number of benzene rings is 3. The molecule has 3 aromatic rings. The molecule has 0 aliphatic carbocycles. The van der Waals surface area contributed by atoms with E-state index in [1.807, 2.05) is 92.5 Å². The molecule has 0 radical (unpaired) electrons. The molecule has 0 aromatic heterocycles. The van der Waals surface area contributed by atoms with Gasteiger partial charge in [-0.2, -0.15) is 0 Å². The van der Waals surface area contributed by atoms with Crippen molar-refractivity contribution in [3.05, 3.63) is 89.0 Å². The smallest absolute Gasteiger partial charge is 0.246 e. The minimum atomic E-state index is -0.450. The lowest BCUT2D eigenvalue weighted by Crippen LogP contribution is -2.34. The summed E-state index contributed by atoms with van der Waals surface area (Å²) in [6.07, 6.45) is 0. The Morgan fingerprint density at radius 1 is 0.935 bits per heavy atom. The molecule has 0 unspecified atom stereocenters. The Morgan fingerprint density at radius 2 is 1.65 bits per heavy atom. The minimum Gasteiger partial charge on any atom is -0.493 e. The molecule has 1 amide bonds. The molecule has 0 aliphatic rings. The van der Waals surface area contributed by atoms with E-state index in [0.29, 0.717) is 18.0 Å². The molecule has 3 aromatic carbocycles. The van der Waals surface area contributed by atoms with Crippen LogP contribution < -0.4 is 14.8 Å².